The summed E-state index contributed by atoms with van der Waals surface area (Å²) in [4.78, 5) is 12.5. The molecular weight excluding hydrogens is 424 g/mol. The summed E-state index contributed by atoms with van der Waals surface area (Å²) in [5.41, 5.74) is 3.91. The summed E-state index contributed by atoms with van der Waals surface area (Å²) in [6.45, 7) is 4.75. The third kappa shape index (κ3) is 5.69. The van der Waals surface area contributed by atoms with Crippen molar-refractivity contribution in [2.75, 3.05) is 13.2 Å². The molecule has 0 bridgehead atoms. The second-order valence-corrected chi connectivity index (χ2v) is 8.64. The van der Waals surface area contributed by atoms with Crippen LogP contribution in [0.2, 0.25) is 0 Å². The first-order chi connectivity index (χ1) is 16.6. The van der Waals surface area contributed by atoms with Crippen LogP contribution < -0.4 is 9.47 Å². The number of rotatable bonds is 9. The van der Waals surface area contributed by atoms with Gasteiger partial charge in [0.15, 0.2) is 0 Å². The molecule has 0 atom stereocenters. The molecule has 1 fully saturated rings. The molecule has 0 radical (unpaired) electrons. The number of hydrogen-bond acceptors (Lipinski definition) is 4. The van der Waals surface area contributed by atoms with Gasteiger partial charge < -0.3 is 14.2 Å². The van der Waals surface area contributed by atoms with Gasteiger partial charge in [-0.3, -0.25) is 0 Å². The topological polar surface area (TPSA) is 44.8 Å². The van der Waals surface area contributed by atoms with E-state index >= 15 is 0 Å². The van der Waals surface area contributed by atoms with Gasteiger partial charge in [0.05, 0.1) is 6.61 Å². The first-order valence-electron chi connectivity index (χ1n) is 12.0. The standard InChI is InChI=1S/C30H32O4/c1-3-32-29(31)30(20-7-8-21-30)34-28-17-15-27(16-18-28)33-22-19-23(2)24-11-13-26(14-12-24)25-9-5-4-6-10-25/h4-6,9-19H,3,7-8,20-22H2,1-2H3/b23-19+. The average Bonchev–Trinajstić information content (AvgIpc) is 3.36. The van der Waals surface area contributed by atoms with Gasteiger partial charge >= 0.3 is 5.97 Å². The molecule has 1 saturated carbocycles. The summed E-state index contributed by atoms with van der Waals surface area (Å²) in [7, 11) is 0. The van der Waals surface area contributed by atoms with E-state index in [2.05, 4.69) is 61.5 Å². The maximum absolute atomic E-state index is 12.5. The SMILES string of the molecule is CCOC(=O)C1(Oc2ccc(OC/C=C(\C)c3ccc(-c4ccccc4)cc3)cc2)CCCC1. The molecule has 0 heterocycles. The van der Waals surface area contributed by atoms with Gasteiger partial charge in [0.1, 0.15) is 18.1 Å². The summed E-state index contributed by atoms with van der Waals surface area (Å²) in [5.74, 6) is 1.16. The maximum atomic E-state index is 12.5. The lowest BCUT2D eigenvalue weighted by atomic mass is 10.0. The van der Waals surface area contributed by atoms with Crippen molar-refractivity contribution >= 4 is 11.5 Å². The molecule has 1 aliphatic rings. The molecule has 3 aromatic carbocycles. The molecule has 0 amide bonds. The van der Waals surface area contributed by atoms with E-state index in [4.69, 9.17) is 14.2 Å². The van der Waals surface area contributed by atoms with E-state index in [0.29, 0.717) is 31.8 Å². The van der Waals surface area contributed by atoms with Crippen molar-refractivity contribution in [2.24, 2.45) is 0 Å². The molecule has 176 valence electrons. The van der Waals surface area contributed by atoms with Crippen molar-refractivity contribution in [3.63, 3.8) is 0 Å². The lowest BCUT2D eigenvalue weighted by Gasteiger charge is -2.27. The van der Waals surface area contributed by atoms with Gasteiger partial charge in [0, 0.05) is 0 Å². The smallest absolute Gasteiger partial charge is 0.350 e. The number of hydrogen-bond donors (Lipinski definition) is 0. The lowest BCUT2D eigenvalue weighted by molar-refractivity contribution is -0.161. The fourth-order valence-electron chi connectivity index (χ4n) is 4.32. The number of esters is 1. The van der Waals surface area contributed by atoms with Crippen LogP contribution in [0, 0.1) is 0 Å². The average molecular weight is 457 g/mol. The van der Waals surface area contributed by atoms with E-state index in [1.165, 1.54) is 16.7 Å². The molecule has 0 N–H and O–H groups in total. The minimum Gasteiger partial charge on any atom is -0.490 e. The molecule has 0 aromatic heterocycles. The van der Waals surface area contributed by atoms with E-state index in [1.807, 2.05) is 37.3 Å². The van der Waals surface area contributed by atoms with Gasteiger partial charge in [0.2, 0.25) is 5.60 Å². The van der Waals surface area contributed by atoms with Crippen molar-refractivity contribution in [2.45, 2.75) is 45.1 Å². The van der Waals surface area contributed by atoms with Crippen molar-refractivity contribution in [1.29, 1.82) is 0 Å². The van der Waals surface area contributed by atoms with Crippen LogP contribution in [-0.2, 0) is 9.53 Å². The summed E-state index contributed by atoms with van der Waals surface area (Å²) in [6, 6.07) is 26.4. The highest BCUT2D eigenvalue weighted by molar-refractivity contribution is 5.80. The third-order valence-electron chi connectivity index (χ3n) is 6.28. The monoisotopic (exact) mass is 456 g/mol. The van der Waals surface area contributed by atoms with Crippen LogP contribution >= 0.6 is 0 Å². The van der Waals surface area contributed by atoms with E-state index in [0.717, 1.165) is 24.2 Å². The zero-order valence-electron chi connectivity index (χ0n) is 20.0. The van der Waals surface area contributed by atoms with Crippen molar-refractivity contribution in [3.8, 4) is 22.6 Å². The van der Waals surface area contributed by atoms with E-state index < -0.39 is 5.60 Å². The highest BCUT2D eigenvalue weighted by Crippen LogP contribution is 2.36. The largest absolute Gasteiger partial charge is 0.490 e. The molecule has 3 aromatic rings. The Kier molecular flexibility index (Phi) is 7.69. The Balaban J connectivity index is 1.33. The fourth-order valence-corrected chi connectivity index (χ4v) is 4.32. The molecule has 0 spiro atoms. The minimum atomic E-state index is -0.853. The third-order valence-corrected chi connectivity index (χ3v) is 6.28. The zero-order chi connectivity index (χ0) is 23.8. The molecule has 4 rings (SSSR count). The molecule has 0 aliphatic heterocycles. The van der Waals surface area contributed by atoms with E-state index in [1.54, 1.807) is 0 Å². The second kappa shape index (κ2) is 11.1. The number of carbonyl (C=O) groups is 1. The highest BCUT2D eigenvalue weighted by atomic mass is 16.6. The molecule has 4 heteroatoms. The summed E-state index contributed by atoms with van der Waals surface area (Å²) in [6.07, 6.45) is 5.42. The Hall–Kier alpha value is -3.53. The van der Waals surface area contributed by atoms with Gasteiger partial charge in [-0.25, -0.2) is 4.79 Å². The van der Waals surface area contributed by atoms with Crippen LogP contribution in [0.5, 0.6) is 11.5 Å². The first-order valence-corrected chi connectivity index (χ1v) is 12.0. The molecule has 0 saturated heterocycles. The van der Waals surface area contributed by atoms with E-state index in [-0.39, 0.29) is 5.97 Å². The predicted octanol–water partition coefficient (Wildman–Crippen LogP) is 7.09. The normalized spacial score (nSPS) is 15.1. The maximum Gasteiger partial charge on any atom is 0.350 e. The van der Waals surface area contributed by atoms with Gasteiger partial charge in [-0.1, -0.05) is 54.6 Å². The summed E-state index contributed by atoms with van der Waals surface area (Å²) < 4.78 is 17.3. The number of allylic oxidation sites excluding steroid dienone is 1. The Morgan fingerprint density at radius 1 is 0.853 bits per heavy atom. The van der Waals surface area contributed by atoms with E-state index in [9.17, 15) is 4.79 Å². The number of carbonyl (C=O) groups excluding carboxylic acids is 1. The van der Waals surface area contributed by atoms with Crippen molar-refractivity contribution < 1.29 is 19.0 Å². The van der Waals surface area contributed by atoms with Crippen LogP contribution in [0.15, 0.2) is 84.9 Å². The highest BCUT2D eigenvalue weighted by Gasteiger charge is 2.45. The van der Waals surface area contributed by atoms with Gasteiger partial charge in [-0.05, 0) is 92.1 Å². The molecule has 0 unspecified atom stereocenters. The Bertz CT molecular complexity index is 1090. The number of ether oxygens (including phenoxy) is 3. The zero-order valence-corrected chi connectivity index (χ0v) is 20.0. The van der Waals surface area contributed by atoms with Gasteiger partial charge in [-0.2, -0.15) is 0 Å². The molecule has 1 aliphatic carbocycles. The summed E-state index contributed by atoms with van der Waals surface area (Å²) in [5, 5.41) is 0. The lowest BCUT2D eigenvalue weighted by Crippen LogP contribution is -2.43. The second-order valence-electron chi connectivity index (χ2n) is 8.64. The molecular formula is C30H32O4. The molecule has 34 heavy (non-hydrogen) atoms. The number of benzene rings is 3. The minimum absolute atomic E-state index is 0.259. The Morgan fingerprint density at radius 2 is 1.47 bits per heavy atom. The predicted molar refractivity (Wildman–Crippen MR) is 136 cm³/mol. The first kappa shape index (κ1) is 23.6. The van der Waals surface area contributed by atoms with Crippen molar-refractivity contribution in [3.05, 3.63) is 90.5 Å². The van der Waals surface area contributed by atoms with Crippen LogP contribution in [0.1, 0.15) is 45.1 Å². The van der Waals surface area contributed by atoms with Gasteiger partial charge in [-0.15, -0.1) is 0 Å². The Labute approximate surface area is 202 Å². The fraction of sp³-hybridized carbons (Fsp3) is 0.300. The summed E-state index contributed by atoms with van der Waals surface area (Å²) >= 11 is 0. The van der Waals surface area contributed by atoms with Crippen LogP contribution in [0.25, 0.3) is 16.7 Å². The Morgan fingerprint density at radius 3 is 2.12 bits per heavy atom. The van der Waals surface area contributed by atoms with Crippen LogP contribution in [0.4, 0.5) is 0 Å². The van der Waals surface area contributed by atoms with Crippen molar-refractivity contribution in [1.82, 2.24) is 0 Å². The van der Waals surface area contributed by atoms with Crippen LogP contribution in [0.3, 0.4) is 0 Å². The molecule has 4 nitrogen and oxygen atoms in total. The quantitative estimate of drug-likeness (QED) is 0.322. The van der Waals surface area contributed by atoms with Crippen LogP contribution in [-0.4, -0.2) is 24.8 Å². The van der Waals surface area contributed by atoms with Gasteiger partial charge in [0.25, 0.3) is 0 Å².